The number of methoxy groups -OCH3 is 1. The van der Waals surface area contributed by atoms with Crippen molar-refractivity contribution in [3.05, 3.63) is 42.1 Å². The summed E-state index contributed by atoms with van der Waals surface area (Å²) in [5.74, 6) is 0.526. The maximum absolute atomic E-state index is 14.4. The number of amides is 1. The summed E-state index contributed by atoms with van der Waals surface area (Å²) in [6.45, 7) is 4.68. The van der Waals surface area contributed by atoms with Gasteiger partial charge in [0.2, 0.25) is 5.91 Å². The van der Waals surface area contributed by atoms with E-state index < -0.39 is 0 Å². The van der Waals surface area contributed by atoms with Gasteiger partial charge in [-0.3, -0.25) is 9.69 Å². The molecule has 0 aliphatic carbocycles. The van der Waals surface area contributed by atoms with E-state index in [4.69, 9.17) is 4.74 Å². The standard InChI is InChI=1S/C19H24FN5O2/c1-3-14-18(20)19(22-13-21-14)25-10-8-24(9-11-25)12-17(26)23-15-6-4-5-7-16(15)27-2/h4-7,13H,3,8-12H2,1-2H3,(H,23,26). The van der Waals surface area contributed by atoms with Crippen LogP contribution >= 0.6 is 0 Å². The number of anilines is 2. The Balaban J connectivity index is 1.54. The van der Waals surface area contributed by atoms with Crippen molar-refractivity contribution in [1.82, 2.24) is 14.9 Å². The van der Waals surface area contributed by atoms with E-state index in [9.17, 15) is 9.18 Å². The summed E-state index contributed by atoms with van der Waals surface area (Å²) in [5.41, 5.74) is 1.08. The Morgan fingerprint density at radius 2 is 1.96 bits per heavy atom. The van der Waals surface area contributed by atoms with Crippen LogP contribution in [0.4, 0.5) is 15.9 Å². The summed E-state index contributed by atoms with van der Waals surface area (Å²) in [6, 6.07) is 7.30. The van der Waals surface area contributed by atoms with Crippen LogP contribution < -0.4 is 15.0 Å². The van der Waals surface area contributed by atoms with Crippen LogP contribution in [0.25, 0.3) is 0 Å². The third-order valence-corrected chi connectivity index (χ3v) is 4.60. The third-order valence-electron chi connectivity index (χ3n) is 4.60. The average molecular weight is 373 g/mol. The van der Waals surface area contributed by atoms with Crippen molar-refractivity contribution in [2.75, 3.05) is 50.1 Å². The van der Waals surface area contributed by atoms with E-state index in [1.807, 2.05) is 28.9 Å². The summed E-state index contributed by atoms with van der Waals surface area (Å²) in [5, 5.41) is 2.88. The minimum absolute atomic E-state index is 0.102. The molecular weight excluding hydrogens is 349 g/mol. The number of carbonyl (C=O) groups excluding carboxylic acids is 1. The molecule has 0 unspecified atom stereocenters. The van der Waals surface area contributed by atoms with Gasteiger partial charge in [-0.2, -0.15) is 0 Å². The first-order valence-electron chi connectivity index (χ1n) is 9.02. The second kappa shape index (κ2) is 8.77. The first-order valence-corrected chi connectivity index (χ1v) is 9.02. The molecule has 27 heavy (non-hydrogen) atoms. The number of carbonyl (C=O) groups is 1. The Kier molecular flexibility index (Phi) is 6.18. The molecule has 1 aromatic heterocycles. The molecule has 1 fully saturated rings. The van der Waals surface area contributed by atoms with Gasteiger partial charge in [-0.15, -0.1) is 0 Å². The third kappa shape index (κ3) is 4.51. The van der Waals surface area contributed by atoms with E-state index in [-0.39, 0.29) is 18.3 Å². The molecular formula is C19H24FN5O2. The van der Waals surface area contributed by atoms with Gasteiger partial charge >= 0.3 is 0 Å². The van der Waals surface area contributed by atoms with Crippen LogP contribution in [0.15, 0.2) is 30.6 Å². The van der Waals surface area contributed by atoms with E-state index in [1.54, 1.807) is 19.2 Å². The zero-order valence-electron chi connectivity index (χ0n) is 15.6. The molecule has 8 heteroatoms. The fourth-order valence-corrected chi connectivity index (χ4v) is 3.12. The number of rotatable bonds is 6. The number of aryl methyl sites for hydroxylation is 1. The number of halogens is 1. The highest BCUT2D eigenvalue weighted by Crippen LogP contribution is 2.23. The highest BCUT2D eigenvalue weighted by Gasteiger charge is 2.23. The largest absolute Gasteiger partial charge is 0.495 e. The topological polar surface area (TPSA) is 70.6 Å². The Morgan fingerprint density at radius 1 is 1.22 bits per heavy atom. The molecule has 0 spiro atoms. The van der Waals surface area contributed by atoms with Crippen LogP contribution in [0, 0.1) is 5.82 Å². The van der Waals surface area contributed by atoms with Gasteiger partial charge in [0.15, 0.2) is 11.6 Å². The predicted molar refractivity (Wildman–Crippen MR) is 102 cm³/mol. The second-order valence-corrected chi connectivity index (χ2v) is 6.32. The van der Waals surface area contributed by atoms with E-state index in [1.165, 1.54) is 6.33 Å². The van der Waals surface area contributed by atoms with Crippen molar-refractivity contribution >= 4 is 17.4 Å². The summed E-state index contributed by atoms with van der Waals surface area (Å²) in [4.78, 5) is 24.4. The zero-order chi connectivity index (χ0) is 19.2. The lowest BCUT2D eigenvalue weighted by Crippen LogP contribution is -2.49. The highest BCUT2D eigenvalue weighted by molar-refractivity contribution is 5.93. The van der Waals surface area contributed by atoms with Crippen LogP contribution in [-0.4, -0.2) is 60.6 Å². The molecule has 0 radical (unpaired) electrons. The van der Waals surface area contributed by atoms with Gasteiger partial charge in [-0.1, -0.05) is 19.1 Å². The smallest absolute Gasteiger partial charge is 0.238 e. The van der Waals surface area contributed by atoms with E-state index in [2.05, 4.69) is 15.3 Å². The quantitative estimate of drug-likeness (QED) is 0.835. The minimum Gasteiger partial charge on any atom is -0.495 e. The number of hydrogen-bond donors (Lipinski definition) is 1. The van der Waals surface area contributed by atoms with Crippen molar-refractivity contribution in [2.45, 2.75) is 13.3 Å². The van der Waals surface area contributed by atoms with Gasteiger partial charge in [0.05, 0.1) is 25.0 Å². The molecule has 0 saturated carbocycles. The van der Waals surface area contributed by atoms with Crippen LogP contribution in [0.1, 0.15) is 12.6 Å². The van der Waals surface area contributed by atoms with Gasteiger partial charge in [-0.05, 0) is 18.6 Å². The number of hydrogen-bond acceptors (Lipinski definition) is 6. The molecule has 1 aliphatic rings. The summed E-state index contributed by atoms with van der Waals surface area (Å²) >= 11 is 0. The number of para-hydroxylation sites is 2. The molecule has 2 aromatic rings. The molecule has 1 amide bonds. The summed E-state index contributed by atoms with van der Waals surface area (Å²) in [6.07, 6.45) is 1.94. The number of piperazine rings is 1. The molecule has 0 bridgehead atoms. The normalized spacial score (nSPS) is 14.9. The van der Waals surface area contributed by atoms with Crippen molar-refractivity contribution in [2.24, 2.45) is 0 Å². The molecule has 3 rings (SSSR count). The predicted octanol–water partition coefficient (Wildman–Crippen LogP) is 1.95. The molecule has 7 nitrogen and oxygen atoms in total. The zero-order valence-corrected chi connectivity index (χ0v) is 15.6. The molecule has 1 N–H and O–H groups in total. The number of ether oxygens (including phenoxy) is 1. The Morgan fingerprint density at radius 3 is 2.67 bits per heavy atom. The Labute approximate surface area is 158 Å². The first kappa shape index (κ1) is 19.0. The van der Waals surface area contributed by atoms with E-state index in [0.717, 1.165) is 0 Å². The molecule has 1 saturated heterocycles. The lowest BCUT2D eigenvalue weighted by Gasteiger charge is -2.35. The van der Waals surface area contributed by atoms with Crippen LogP contribution in [0.2, 0.25) is 0 Å². The number of benzene rings is 1. The lowest BCUT2D eigenvalue weighted by atomic mass is 10.2. The molecule has 1 aliphatic heterocycles. The molecule has 2 heterocycles. The second-order valence-electron chi connectivity index (χ2n) is 6.32. The monoisotopic (exact) mass is 373 g/mol. The average Bonchev–Trinajstić information content (AvgIpc) is 2.69. The number of nitrogens with one attached hydrogen (secondary N) is 1. The molecule has 144 valence electrons. The van der Waals surface area contributed by atoms with Gasteiger partial charge in [0, 0.05) is 26.2 Å². The highest BCUT2D eigenvalue weighted by atomic mass is 19.1. The molecule has 0 atom stereocenters. The van der Waals surface area contributed by atoms with E-state index in [0.29, 0.717) is 55.5 Å². The van der Waals surface area contributed by atoms with Crippen LogP contribution in [0.5, 0.6) is 5.75 Å². The summed E-state index contributed by atoms with van der Waals surface area (Å²) < 4.78 is 19.7. The van der Waals surface area contributed by atoms with Crippen molar-refractivity contribution < 1.29 is 13.9 Å². The number of aromatic nitrogens is 2. The minimum atomic E-state index is -0.345. The van der Waals surface area contributed by atoms with Gasteiger partial charge in [0.1, 0.15) is 12.1 Å². The maximum Gasteiger partial charge on any atom is 0.238 e. The van der Waals surface area contributed by atoms with E-state index >= 15 is 0 Å². The maximum atomic E-state index is 14.4. The number of nitrogens with zero attached hydrogens (tertiary/aromatic N) is 4. The summed E-state index contributed by atoms with van der Waals surface area (Å²) in [7, 11) is 1.57. The fraction of sp³-hybridized carbons (Fsp3) is 0.421. The van der Waals surface area contributed by atoms with Gasteiger partial charge in [0.25, 0.3) is 0 Å². The molecule has 1 aromatic carbocycles. The SMILES string of the molecule is CCc1ncnc(N2CCN(CC(=O)Nc3ccccc3OC)CC2)c1F. The van der Waals surface area contributed by atoms with Crippen LogP contribution in [-0.2, 0) is 11.2 Å². The van der Waals surface area contributed by atoms with Crippen molar-refractivity contribution in [3.63, 3.8) is 0 Å². The lowest BCUT2D eigenvalue weighted by molar-refractivity contribution is -0.117. The van der Waals surface area contributed by atoms with Crippen LogP contribution in [0.3, 0.4) is 0 Å². The van der Waals surface area contributed by atoms with Gasteiger partial charge in [-0.25, -0.2) is 14.4 Å². The van der Waals surface area contributed by atoms with Gasteiger partial charge < -0.3 is 15.0 Å². The fourth-order valence-electron chi connectivity index (χ4n) is 3.12. The Hall–Kier alpha value is -2.74. The Bertz CT molecular complexity index is 793. The first-order chi connectivity index (χ1) is 13.1. The van der Waals surface area contributed by atoms with Crippen molar-refractivity contribution in [1.29, 1.82) is 0 Å². The van der Waals surface area contributed by atoms with Crippen molar-refractivity contribution in [3.8, 4) is 5.75 Å².